The highest BCUT2D eigenvalue weighted by Gasteiger charge is 2.18. The Morgan fingerprint density at radius 1 is 1.00 bits per heavy atom. The summed E-state index contributed by atoms with van der Waals surface area (Å²) < 4.78 is 27.5. The lowest BCUT2D eigenvalue weighted by molar-refractivity contribution is -0.118. The van der Waals surface area contributed by atoms with Gasteiger partial charge in [0.25, 0.3) is 5.91 Å². The van der Waals surface area contributed by atoms with Gasteiger partial charge in [-0.2, -0.15) is 0 Å². The van der Waals surface area contributed by atoms with Gasteiger partial charge in [0.15, 0.2) is 0 Å². The van der Waals surface area contributed by atoms with E-state index in [1.807, 2.05) is 0 Å². The van der Waals surface area contributed by atoms with E-state index in [-0.39, 0.29) is 35.7 Å². The maximum absolute atomic E-state index is 12.5. The Kier molecular flexibility index (Phi) is 8.00. The van der Waals surface area contributed by atoms with Gasteiger partial charge in [0.05, 0.1) is 4.90 Å². The molecular weight excluding hydrogens is 426 g/mol. The van der Waals surface area contributed by atoms with Crippen molar-refractivity contribution >= 4 is 39.1 Å². The maximum Gasteiger partial charge on any atom is 0.251 e. The third kappa shape index (κ3) is 6.29. The van der Waals surface area contributed by atoms with Gasteiger partial charge in [-0.25, -0.2) is 13.1 Å². The van der Waals surface area contributed by atoms with Crippen LogP contribution >= 0.6 is 11.6 Å². The summed E-state index contributed by atoms with van der Waals surface area (Å²) in [7, 11) is -3.72. The predicted molar refractivity (Wildman–Crippen MR) is 118 cm³/mol. The van der Waals surface area contributed by atoms with Crippen LogP contribution in [-0.2, 0) is 14.8 Å². The lowest BCUT2D eigenvalue weighted by atomic mass is 10.1. The smallest absolute Gasteiger partial charge is 0.251 e. The van der Waals surface area contributed by atoms with Crippen molar-refractivity contribution in [2.75, 3.05) is 18.4 Å². The summed E-state index contributed by atoms with van der Waals surface area (Å²) in [4.78, 5) is 24.1. The molecule has 2 amide bonds. The van der Waals surface area contributed by atoms with E-state index in [9.17, 15) is 18.0 Å². The molecule has 0 radical (unpaired) electrons. The molecule has 0 heterocycles. The minimum absolute atomic E-state index is 0.0394. The van der Waals surface area contributed by atoms with Crippen molar-refractivity contribution in [3.63, 3.8) is 0 Å². The predicted octanol–water partition coefficient (Wildman–Crippen LogP) is 3.26. The zero-order valence-corrected chi connectivity index (χ0v) is 18.9. The number of nitrogens with one attached hydrogen (secondary N) is 3. The van der Waals surface area contributed by atoms with Crippen molar-refractivity contribution in [2.24, 2.45) is 5.92 Å². The molecule has 0 saturated carbocycles. The number of carbonyl (C=O) groups excluding carboxylic acids is 2. The van der Waals surface area contributed by atoms with Crippen LogP contribution in [0.3, 0.4) is 0 Å². The SMILES string of the molecule is Cc1cc(S(=O)(=O)NCCNC(=O)c2ccc(NC(=O)C(C)C)cc2)c(C)cc1Cl. The van der Waals surface area contributed by atoms with E-state index >= 15 is 0 Å². The molecule has 30 heavy (non-hydrogen) atoms. The second-order valence-electron chi connectivity index (χ2n) is 7.24. The third-order valence-corrected chi connectivity index (χ3v) is 6.40. The van der Waals surface area contributed by atoms with Gasteiger partial charge in [0.2, 0.25) is 15.9 Å². The molecule has 0 aromatic heterocycles. The maximum atomic E-state index is 12.5. The standard InChI is InChI=1S/C21H26ClN3O4S/c1-13(2)20(26)25-17-7-5-16(6-8-17)21(27)23-9-10-24-30(28,29)19-12-14(3)18(22)11-15(19)4/h5-8,11-13,24H,9-10H2,1-4H3,(H,23,27)(H,25,26). The van der Waals surface area contributed by atoms with E-state index in [0.29, 0.717) is 27.4 Å². The molecule has 0 unspecified atom stereocenters. The zero-order valence-electron chi connectivity index (χ0n) is 17.4. The molecule has 7 nitrogen and oxygen atoms in total. The molecule has 0 aliphatic carbocycles. The van der Waals surface area contributed by atoms with Crippen molar-refractivity contribution < 1.29 is 18.0 Å². The quantitative estimate of drug-likeness (QED) is 0.536. The largest absolute Gasteiger partial charge is 0.351 e. The first-order valence-corrected chi connectivity index (χ1v) is 11.3. The molecule has 0 atom stereocenters. The lowest BCUT2D eigenvalue weighted by Crippen LogP contribution is -2.35. The van der Waals surface area contributed by atoms with Gasteiger partial charge in [-0.15, -0.1) is 0 Å². The second-order valence-corrected chi connectivity index (χ2v) is 9.38. The Hall–Kier alpha value is -2.42. The number of sulfonamides is 1. The molecule has 0 fully saturated rings. The fourth-order valence-corrected chi connectivity index (χ4v) is 4.14. The topological polar surface area (TPSA) is 104 Å². The molecule has 162 valence electrons. The molecule has 0 bridgehead atoms. The number of carbonyl (C=O) groups is 2. The molecule has 0 spiro atoms. The number of hydrogen-bond donors (Lipinski definition) is 3. The second kappa shape index (κ2) is 10.1. The van der Waals surface area contributed by atoms with E-state index in [1.54, 1.807) is 58.0 Å². The van der Waals surface area contributed by atoms with Gasteiger partial charge in [-0.05, 0) is 61.4 Å². The van der Waals surface area contributed by atoms with E-state index < -0.39 is 10.0 Å². The molecule has 2 rings (SSSR count). The average Bonchev–Trinajstić information content (AvgIpc) is 2.68. The minimum atomic E-state index is -3.72. The number of rotatable bonds is 8. The number of benzene rings is 2. The normalized spacial score (nSPS) is 11.4. The van der Waals surface area contributed by atoms with E-state index in [0.717, 1.165) is 0 Å². The Morgan fingerprint density at radius 3 is 2.23 bits per heavy atom. The molecular formula is C21H26ClN3O4S. The van der Waals surface area contributed by atoms with E-state index in [2.05, 4.69) is 15.4 Å². The number of aryl methyl sites for hydroxylation is 2. The van der Waals surface area contributed by atoms with Crippen LogP contribution in [0.25, 0.3) is 0 Å². The molecule has 0 aliphatic heterocycles. The van der Waals surface area contributed by atoms with Crippen LogP contribution in [0.5, 0.6) is 0 Å². The van der Waals surface area contributed by atoms with Gasteiger partial charge >= 0.3 is 0 Å². The van der Waals surface area contributed by atoms with E-state index in [1.165, 1.54) is 6.07 Å². The Morgan fingerprint density at radius 2 is 1.63 bits per heavy atom. The number of amides is 2. The fourth-order valence-electron chi connectivity index (χ4n) is 2.58. The summed E-state index contributed by atoms with van der Waals surface area (Å²) in [6, 6.07) is 9.61. The zero-order chi connectivity index (χ0) is 22.5. The van der Waals surface area contributed by atoms with Crippen molar-refractivity contribution in [1.82, 2.24) is 10.0 Å². The Balaban J connectivity index is 1.89. The highest BCUT2D eigenvalue weighted by atomic mass is 35.5. The first-order valence-electron chi connectivity index (χ1n) is 9.47. The fraction of sp³-hybridized carbons (Fsp3) is 0.333. The summed E-state index contributed by atoms with van der Waals surface area (Å²) in [5.74, 6) is -0.586. The molecule has 2 aromatic rings. The van der Waals surface area contributed by atoms with Crippen LogP contribution in [0.1, 0.15) is 35.3 Å². The molecule has 0 saturated heterocycles. The first-order chi connectivity index (χ1) is 14.0. The van der Waals surface area contributed by atoms with E-state index in [4.69, 9.17) is 11.6 Å². The first kappa shape index (κ1) is 23.9. The summed E-state index contributed by atoms with van der Waals surface area (Å²) in [5.41, 5.74) is 2.23. The monoisotopic (exact) mass is 451 g/mol. The lowest BCUT2D eigenvalue weighted by Gasteiger charge is -2.12. The molecule has 9 heteroatoms. The summed E-state index contributed by atoms with van der Waals surface area (Å²) in [5, 5.41) is 5.92. The van der Waals surface area contributed by atoms with Crippen molar-refractivity contribution in [3.05, 3.63) is 58.1 Å². The highest BCUT2D eigenvalue weighted by Crippen LogP contribution is 2.23. The van der Waals surface area contributed by atoms with Gasteiger partial charge in [-0.3, -0.25) is 9.59 Å². The van der Waals surface area contributed by atoms with Crippen LogP contribution in [0.15, 0.2) is 41.3 Å². The Bertz CT molecular complexity index is 1030. The highest BCUT2D eigenvalue weighted by molar-refractivity contribution is 7.89. The third-order valence-electron chi connectivity index (χ3n) is 4.39. The number of hydrogen-bond acceptors (Lipinski definition) is 4. The van der Waals surface area contributed by atoms with Gasteiger partial charge in [0.1, 0.15) is 0 Å². The van der Waals surface area contributed by atoms with Gasteiger partial charge < -0.3 is 10.6 Å². The van der Waals surface area contributed by atoms with Gasteiger partial charge in [-0.1, -0.05) is 25.4 Å². The van der Waals surface area contributed by atoms with Crippen LogP contribution in [0.2, 0.25) is 5.02 Å². The van der Waals surface area contributed by atoms with Crippen molar-refractivity contribution in [3.8, 4) is 0 Å². The number of halogens is 1. The van der Waals surface area contributed by atoms with Crippen LogP contribution in [0, 0.1) is 19.8 Å². The number of anilines is 1. The van der Waals surface area contributed by atoms with Crippen LogP contribution in [0.4, 0.5) is 5.69 Å². The molecule has 3 N–H and O–H groups in total. The molecule has 0 aliphatic rings. The molecule has 2 aromatic carbocycles. The van der Waals surface area contributed by atoms with Gasteiger partial charge in [0, 0.05) is 35.3 Å². The summed E-state index contributed by atoms with van der Waals surface area (Å²) in [6.45, 7) is 7.16. The Labute approximate surface area is 182 Å². The summed E-state index contributed by atoms with van der Waals surface area (Å²) in [6.07, 6.45) is 0. The van der Waals surface area contributed by atoms with Crippen molar-refractivity contribution in [2.45, 2.75) is 32.6 Å². The minimum Gasteiger partial charge on any atom is -0.351 e. The van der Waals surface area contributed by atoms with Crippen LogP contribution in [-0.4, -0.2) is 33.3 Å². The average molecular weight is 452 g/mol. The van der Waals surface area contributed by atoms with Crippen LogP contribution < -0.4 is 15.4 Å². The summed E-state index contributed by atoms with van der Waals surface area (Å²) >= 11 is 6.02. The van der Waals surface area contributed by atoms with Crippen molar-refractivity contribution in [1.29, 1.82) is 0 Å².